The van der Waals surface area contributed by atoms with Gasteiger partial charge in [-0.3, -0.25) is 4.79 Å². The van der Waals surface area contributed by atoms with Crippen LogP contribution in [0.5, 0.6) is 0 Å². The molecule has 20 heavy (non-hydrogen) atoms. The summed E-state index contributed by atoms with van der Waals surface area (Å²) in [5, 5.41) is 2.49. The van der Waals surface area contributed by atoms with E-state index < -0.39 is 23.3 Å². The summed E-state index contributed by atoms with van der Waals surface area (Å²) in [6, 6.07) is 3.45. The lowest BCUT2D eigenvalue weighted by Gasteiger charge is -2.19. The van der Waals surface area contributed by atoms with E-state index in [1.807, 2.05) is 20.8 Å². The first-order chi connectivity index (χ1) is 9.23. The van der Waals surface area contributed by atoms with Crippen molar-refractivity contribution in [2.24, 2.45) is 0 Å². The summed E-state index contributed by atoms with van der Waals surface area (Å²) in [5.41, 5.74) is -0.317. The third kappa shape index (κ3) is 4.97. The minimum atomic E-state index is -0.725. The van der Waals surface area contributed by atoms with Crippen molar-refractivity contribution < 1.29 is 23.5 Å². The van der Waals surface area contributed by atoms with E-state index in [1.54, 1.807) is 0 Å². The number of carbonyl (C=O) groups is 2. The van der Waals surface area contributed by atoms with Crippen LogP contribution in [0.15, 0.2) is 18.2 Å². The zero-order valence-electron chi connectivity index (χ0n) is 12.0. The van der Waals surface area contributed by atoms with Gasteiger partial charge >= 0.3 is 5.97 Å². The van der Waals surface area contributed by atoms with Crippen molar-refractivity contribution in [3.8, 4) is 0 Å². The van der Waals surface area contributed by atoms with Gasteiger partial charge in [-0.2, -0.15) is 0 Å². The Kier molecular flexibility index (Phi) is 5.21. The summed E-state index contributed by atoms with van der Waals surface area (Å²) in [6.07, 6.45) is 0. The molecule has 0 aromatic heterocycles. The number of ether oxygens (including phenoxy) is 2. The van der Waals surface area contributed by atoms with Gasteiger partial charge in [-0.15, -0.1) is 0 Å². The van der Waals surface area contributed by atoms with Gasteiger partial charge in [0.15, 0.2) is 0 Å². The van der Waals surface area contributed by atoms with Crippen LogP contribution in [0.3, 0.4) is 0 Å². The van der Waals surface area contributed by atoms with Crippen LogP contribution in [0.4, 0.5) is 10.1 Å². The number of hydrogen-bond acceptors (Lipinski definition) is 4. The molecule has 0 radical (unpaired) electrons. The van der Waals surface area contributed by atoms with Gasteiger partial charge in [0, 0.05) is 0 Å². The molecule has 0 saturated carbocycles. The number of amides is 1. The summed E-state index contributed by atoms with van der Waals surface area (Å²) in [4.78, 5) is 23.2. The normalized spacial score (nSPS) is 11.1. The summed E-state index contributed by atoms with van der Waals surface area (Å²) in [5.74, 6) is -1.75. The van der Waals surface area contributed by atoms with Crippen LogP contribution in [-0.2, 0) is 14.3 Å². The molecule has 0 bridgehead atoms. The number of carbonyl (C=O) groups excluding carboxylic acids is 2. The Hall–Kier alpha value is -1.95. The molecule has 0 fully saturated rings. The molecule has 1 N–H and O–H groups in total. The number of anilines is 1. The van der Waals surface area contributed by atoms with Crippen LogP contribution in [-0.4, -0.2) is 31.2 Å². The fraction of sp³-hybridized carbons (Fsp3) is 0.429. The first-order valence-corrected chi connectivity index (χ1v) is 6.04. The van der Waals surface area contributed by atoms with Crippen molar-refractivity contribution in [2.45, 2.75) is 26.4 Å². The molecule has 0 saturated heterocycles. The second kappa shape index (κ2) is 6.47. The molecule has 6 heteroatoms. The second-order valence-corrected chi connectivity index (χ2v) is 5.13. The number of methoxy groups -OCH3 is 1. The Morgan fingerprint density at radius 3 is 2.50 bits per heavy atom. The largest absolute Gasteiger partial charge is 0.465 e. The van der Waals surface area contributed by atoms with Crippen LogP contribution in [0.25, 0.3) is 0 Å². The summed E-state index contributed by atoms with van der Waals surface area (Å²) < 4.78 is 23.0. The van der Waals surface area contributed by atoms with Crippen LogP contribution < -0.4 is 5.32 Å². The van der Waals surface area contributed by atoms with Gasteiger partial charge in [0.2, 0.25) is 5.91 Å². The van der Waals surface area contributed by atoms with Gasteiger partial charge < -0.3 is 14.8 Å². The van der Waals surface area contributed by atoms with Gasteiger partial charge in [0.25, 0.3) is 0 Å². The number of nitrogens with one attached hydrogen (secondary N) is 1. The maximum atomic E-state index is 13.1. The maximum Gasteiger partial charge on any atom is 0.340 e. The van der Waals surface area contributed by atoms with Crippen molar-refractivity contribution in [2.75, 3.05) is 19.0 Å². The van der Waals surface area contributed by atoms with E-state index in [2.05, 4.69) is 10.1 Å². The first-order valence-electron chi connectivity index (χ1n) is 6.04. The molecule has 0 aliphatic rings. The summed E-state index contributed by atoms with van der Waals surface area (Å²) in [6.45, 7) is 5.29. The molecule has 0 heterocycles. The molecular formula is C14H18FNO4. The van der Waals surface area contributed by atoms with Crippen LogP contribution in [0.1, 0.15) is 31.1 Å². The third-order valence-corrected chi connectivity index (χ3v) is 2.30. The monoisotopic (exact) mass is 283 g/mol. The second-order valence-electron chi connectivity index (χ2n) is 5.13. The van der Waals surface area contributed by atoms with E-state index in [4.69, 9.17) is 4.74 Å². The number of hydrogen-bond donors (Lipinski definition) is 1. The van der Waals surface area contributed by atoms with Crippen LogP contribution in [0, 0.1) is 5.82 Å². The first kappa shape index (κ1) is 16.1. The van der Waals surface area contributed by atoms with Crippen LogP contribution in [0.2, 0.25) is 0 Å². The minimum Gasteiger partial charge on any atom is -0.465 e. The fourth-order valence-electron chi connectivity index (χ4n) is 1.37. The molecule has 0 unspecified atom stereocenters. The molecule has 1 aromatic carbocycles. The highest BCUT2D eigenvalue weighted by Crippen LogP contribution is 2.18. The summed E-state index contributed by atoms with van der Waals surface area (Å²) in [7, 11) is 1.18. The average molecular weight is 283 g/mol. The number of benzene rings is 1. The SMILES string of the molecule is COC(=O)c1cc(F)ccc1NC(=O)COC(C)(C)C. The molecular weight excluding hydrogens is 265 g/mol. The van der Waals surface area contributed by atoms with Crippen molar-refractivity contribution in [1.29, 1.82) is 0 Å². The molecule has 0 aliphatic carbocycles. The lowest BCUT2D eigenvalue weighted by Crippen LogP contribution is -2.27. The van der Waals surface area contributed by atoms with Crippen molar-refractivity contribution in [3.63, 3.8) is 0 Å². The van der Waals surface area contributed by atoms with Crippen LogP contribution >= 0.6 is 0 Å². The van der Waals surface area contributed by atoms with E-state index in [1.165, 1.54) is 13.2 Å². The van der Waals surface area contributed by atoms with Gasteiger partial charge in [0.05, 0.1) is 24.0 Å². The van der Waals surface area contributed by atoms with E-state index in [0.29, 0.717) is 0 Å². The standard InChI is InChI=1S/C14H18FNO4/c1-14(2,3)20-8-12(17)16-11-6-5-9(15)7-10(11)13(18)19-4/h5-7H,8H2,1-4H3,(H,16,17). The quantitative estimate of drug-likeness (QED) is 0.862. The van der Waals surface area contributed by atoms with Gasteiger partial charge in [-0.05, 0) is 39.0 Å². The van der Waals surface area contributed by atoms with E-state index in [-0.39, 0.29) is 17.9 Å². The predicted molar refractivity (Wildman–Crippen MR) is 72.1 cm³/mol. The highest BCUT2D eigenvalue weighted by molar-refractivity contribution is 6.01. The molecule has 0 aliphatic heterocycles. The molecule has 0 spiro atoms. The van der Waals surface area contributed by atoms with Crippen molar-refractivity contribution >= 4 is 17.6 Å². The highest BCUT2D eigenvalue weighted by Gasteiger charge is 2.17. The molecule has 1 aromatic rings. The van der Waals surface area contributed by atoms with Gasteiger partial charge in [0.1, 0.15) is 12.4 Å². The molecule has 110 valence electrons. The number of halogens is 1. The fourth-order valence-corrected chi connectivity index (χ4v) is 1.37. The Morgan fingerprint density at radius 1 is 1.30 bits per heavy atom. The Balaban J connectivity index is 2.82. The van der Waals surface area contributed by atoms with Gasteiger partial charge in [-0.1, -0.05) is 0 Å². The maximum absolute atomic E-state index is 13.1. The molecule has 1 amide bonds. The minimum absolute atomic E-state index is 0.0448. The molecule has 1 rings (SSSR count). The topological polar surface area (TPSA) is 64.6 Å². The van der Waals surface area contributed by atoms with E-state index in [9.17, 15) is 14.0 Å². The van der Waals surface area contributed by atoms with Gasteiger partial charge in [-0.25, -0.2) is 9.18 Å². The lowest BCUT2D eigenvalue weighted by atomic mass is 10.1. The zero-order chi connectivity index (χ0) is 15.3. The van der Waals surface area contributed by atoms with E-state index in [0.717, 1.165) is 12.1 Å². The van der Waals surface area contributed by atoms with E-state index >= 15 is 0 Å². The third-order valence-electron chi connectivity index (χ3n) is 2.30. The molecule has 0 atom stereocenters. The Labute approximate surface area is 117 Å². The zero-order valence-corrected chi connectivity index (χ0v) is 12.0. The molecule has 5 nitrogen and oxygen atoms in total. The highest BCUT2D eigenvalue weighted by atomic mass is 19.1. The Bertz CT molecular complexity index is 508. The predicted octanol–water partition coefficient (Wildman–Crippen LogP) is 2.37. The average Bonchev–Trinajstić information content (AvgIpc) is 2.37. The summed E-state index contributed by atoms with van der Waals surface area (Å²) >= 11 is 0. The smallest absolute Gasteiger partial charge is 0.340 e. The number of rotatable bonds is 4. The van der Waals surface area contributed by atoms with Crippen molar-refractivity contribution in [1.82, 2.24) is 0 Å². The van der Waals surface area contributed by atoms with Crippen molar-refractivity contribution in [3.05, 3.63) is 29.6 Å². The Morgan fingerprint density at radius 2 is 1.95 bits per heavy atom. The lowest BCUT2D eigenvalue weighted by molar-refractivity contribution is -0.125. The number of esters is 1.